The van der Waals surface area contributed by atoms with Crippen molar-refractivity contribution in [1.82, 2.24) is 4.90 Å². The normalized spacial score (nSPS) is 10.3. The molecule has 1 N–H and O–H groups in total. The van der Waals surface area contributed by atoms with Crippen LogP contribution in [0.5, 0.6) is 5.75 Å². The van der Waals surface area contributed by atoms with Crippen LogP contribution in [0.2, 0.25) is 0 Å². The standard InChI is InChI=1S/C13H16BrNO4/c1-9(2)15(7-13(17)18)12(16)8-19-11-6-4-3-5-10(11)14/h3-6,9H,7-8H2,1-2H3,(H,17,18). The fourth-order valence-corrected chi connectivity index (χ4v) is 1.89. The zero-order chi connectivity index (χ0) is 14.4. The lowest BCUT2D eigenvalue weighted by Gasteiger charge is -2.24. The van der Waals surface area contributed by atoms with Gasteiger partial charge in [0.05, 0.1) is 4.47 Å². The van der Waals surface area contributed by atoms with Crippen LogP contribution in [0.1, 0.15) is 13.8 Å². The van der Waals surface area contributed by atoms with E-state index in [0.717, 1.165) is 4.47 Å². The predicted octanol–water partition coefficient (Wildman–Crippen LogP) is 2.15. The second-order valence-corrected chi connectivity index (χ2v) is 5.08. The summed E-state index contributed by atoms with van der Waals surface area (Å²) in [7, 11) is 0. The van der Waals surface area contributed by atoms with Crippen molar-refractivity contribution in [1.29, 1.82) is 0 Å². The predicted molar refractivity (Wildman–Crippen MR) is 74.1 cm³/mol. The Labute approximate surface area is 120 Å². The number of aliphatic carboxylic acids is 1. The Morgan fingerprint density at radius 1 is 1.37 bits per heavy atom. The van der Waals surface area contributed by atoms with E-state index in [1.54, 1.807) is 32.0 Å². The van der Waals surface area contributed by atoms with Crippen LogP contribution in [0.4, 0.5) is 0 Å². The summed E-state index contributed by atoms with van der Waals surface area (Å²) in [6, 6.07) is 6.98. The molecule has 0 unspecified atom stereocenters. The minimum atomic E-state index is -1.04. The summed E-state index contributed by atoms with van der Waals surface area (Å²) < 4.78 is 6.13. The second-order valence-electron chi connectivity index (χ2n) is 4.23. The molecule has 0 fully saturated rings. The van der Waals surface area contributed by atoms with E-state index in [1.165, 1.54) is 4.90 Å². The number of hydrogen-bond donors (Lipinski definition) is 1. The number of nitrogens with zero attached hydrogens (tertiary/aromatic N) is 1. The Hall–Kier alpha value is -1.56. The molecule has 0 heterocycles. The first-order chi connectivity index (χ1) is 8.91. The van der Waals surface area contributed by atoms with Gasteiger partial charge in [-0.25, -0.2) is 0 Å². The highest BCUT2D eigenvalue weighted by Crippen LogP contribution is 2.23. The highest BCUT2D eigenvalue weighted by molar-refractivity contribution is 9.10. The van der Waals surface area contributed by atoms with Gasteiger partial charge >= 0.3 is 5.97 Å². The molecule has 0 bridgehead atoms. The molecule has 0 saturated carbocycles. The van der Waals surface area contributed by atoms with E-state index >= 15 is 0 Å². The molecule has 1 aromatic carbocycles. The third kappa shape index (κ3) is 4.90. The van der Waals surface area contributed by atoms with Crippen molar-refractivity contribution in [2.24, 2.45) is 0 Å². The maximum atomic E-state index is 11.9. The molecule has 0 atom stereocenters. The maximum absolute atomic E-state index is 11.9. The Bertz CT molecular complexity index is 462. The van der Waals surface area contributed by atoms with E-state index in [-0.39, 0.29) is 25.1 Å². The summed E-state index contributed by atoms with van der Waals surface area (Å²) in [5.74, 6) is -0.842. The number of benzene rings is 1. The molecule has 1 amide bonds. The molecule has 104 valence electrons. The van der Waals surface area contributed by atoms with Gasteiger partial charge in [0, 0.05) is 6.04 Å². The van der Waals surface area contributed by atoms with Crippen molar-refractivity contribution in [3.05, 3.63) is 28.7 Å². The minimum Gasteiger partial charge on any atom is -0.483 e. The quantitative estimate of drug-likeness (QED) is 0.868. The van der Waals surface area contributed by atoms with Crippen molar-refractivity contribution < 1.29 is 19.4 Å². The number of carboxylic acids is 1. The number of amides is 1. The largest absolute Gasteiger partial charge is 0.483 e. The Morgan fingerprint density at radius 3 is 2.53 bits per heavy atom. The van der Waals surface area contributed by atoms with Crippen molar-refractivity contribution in [2.45, 2.75) is 19.9 Å². The van der Waals surface area contributed by atoms with Gasteiger partial charge < -0.3 is 14.7 Å². The molecule has 19 heavy (non-hydrogen) atoms. The van der Waals surface area contributed by atoms with Gasteiger partial charge in [-0.15, -0.1) is 0 Å². The number of ether oxygens (including phenoxy) is 1. The first-order valence-corrected chi connectivity index (χ1v) is 6.59. The molecular formula is C13H16BrNO4. The van der Waals surface area contributed by atoms with Crippen molar-refractivity contribution in [3.8, 4) is 5.75 Å². The average Bonchev–Trinajstić information content (AvgIpc) is 2.34. The Morgan fingerprint density at radius 2 is 2.00 bits per heavy atom. The molecule has 0 aromatic heterocycles. The van der Waals surface area contributed by atoms with Crippen LogP contribution in [0.25, 0.3) is 0 Å². The number of halogens is 1. The van der Waals surface area contributed by atoms with Gasteiger partial charge in [-0.2, -0.15) is 0 Å². The molecular weight excluding hydrogens is 314 g/mol. The van der Waals surface area contributed by atoms with E-state index in [0.29, 0.717) is 5.75 Å². The molecule has 1 rings (SSSR count). The summed E-state index contributed by atoms with van der Waals surface area (Å²) in [6.07, 6.45) is 0. The molecule has 0 aliphatic rings. The lowest BCUT2D eigenvalue weighted by Crippen LogP contribution is -2.43. The van der Waals surface area contributed by atoms with Gasteiger partial charge in [-0.3, -0.25) is 9.59 Å². The van der Waals surface area contributed by atoms with Gasteiger partial charge in [-0.1, -0.05) is 12.1 Å². The monoisotopic (exact) mass is 329 g/mol. The number of carboxylic acid groups (broad SMARTS) is 1. The molecule has 0 radical (unpaired) electrons. The van der Waals surface area contributed by atoms with Crippen LogP contribution in [0.15, 0.2) is 28.7 Å². The van der Waals surface area contributed by atoms with Gasteiger partial charge in [0.25, 0.3) is 5.91 Å². The first kappa shape index (κ1) is 15.5. The number of para-hydroxylation sites is 1. The van der Waals surface area contributed by atoms with E-state index in [9.17, 15) is 9.59 Å². The summed E-state index contributed by atoms with van der Waals surface area (Å²) in [6.45, 7) is 3.02. The second kappa shape index (κ2) is 7.13. The fourth-order valence-electron chi connectivity index (χ4n) is 1.49. The summed E-state index contributed by atoms with van der Waals surface area (Å²) >= 11 is 3.31. The SMILES string of the molecule is CC(C)N(CC(=O)O)C(=O)COc1ccccc1Br. The van der Waals surface area contributed by atoms with E-state index in [1.807, 2.05) is 6.07 Å². The van der Waals surface area contributed by atoms with Crippen molar-refractivity contribution >= 4 is 27.8 Å². The van der Waals surface area contributed by atoms with Crippen LogP contribution in [-0.4, -0.2) is 41.1 Å². The van der Waals surface area contributed by atoms with Gasteiger partial charge in [0.2, 0.25) is 0 Å². The Balaban J connectivity index is 2.63. The number of carbonyl (C=O) groups is 2. The molecule has 5 nitrogen and oxygen atoms in total. The van der Waals surface area contributed by atoms with E-state index in [2.05, 4.69) is 15.9 Å². The zero-order valence-electron chi connectivity index (χ0n) is 10.8. The summed E-state index contributed by atoms with van der Waals surface area (Å²) in [4.78, 5) is 23.9. The molecule has 1 aromatic rings. The van der Waals surface area contributed by atoms with Crippen molar-refractivity contribution in [2.75, 3.05) is 13.2 Å². The fraction of sp³-hybridized carbons (Fsp3) is 0.385. The maximum Gasteiger partial charge on any atom is 0.323 e. The molecule has 6 heteroatoms. The molecule has 0 aliphatic heterocycles. The topological polar surface area (TPSA) is 66.8 Å². The van der Waals surface area contributed by atoms with Crippen LogP contribution >= 0.6 is 15.9 Å². The highest BCUT2D eigenvalue weighted by atomic mass is 79.9. The van der Waals surface area contributed by atoms with Crippen LogP contribution in [0, 0.1) is 0 Å². The van der Waals surface area contributed by atoms with Crippen LogP contribution in [-0.2, 0) is 9.59 Å². The van der Waals surface area contributed by atoms with Gasteiger partial charge in [0.15, 0.2) is 6.61 Å². The third-order valence-corrected chi connectivity index (χ3v) is 3.09. The highest BCUT2D eigenvalue weighted by Gasteiger charge is 2.20. The van der Waals surface area contributed by atoms with E-state index < -0.39 is 5.97 Å². The Kier molecular flexibility index (Phi) is 5.82. The van der Waals surface area contributed by atoms with E-state index in [4.69, 9.17) is 9.84 Å². The van der Waals surface area contributed by atoms with Crippen molar-refractivity contribution in [3.63, 3.8) is 0 Å². The van der Waals surface area contributed by atoms with Crippen LogP contribution < -0.4 is 4.74 Å². The number of hydrogen-bond acceptors (Lipinski definition) is 3. The first-order valence-electron chi connectivity index (χ1n) is 5.80. The lowest BCUT2D eigenvalue weighted by atomic mass is 10.3. The molecule has 0 spiro atoms. The zero-order valence-corrected chi connectivity index (χ0v) is 12.4. The van der Waals surface area contributed by atoms with Crippen LogP contribution in [0.3, 0.4) is 0 Å². The molecule has 0 aliphatic carbocycles. The third-order valence-electron chi connectivity index (χ3n) is 2.44. The molecule has 0 saturated heterocycles. The number of carbonyl (C=O) groups excluding carboxylic acids is 1. The number of rotatable bonds is 6. The summed E-state index contributed by atoms with van der Waals surface area (Å²) in [5.41, 5.74) is 0. The minimum absolute atomic E-state index is 0.186. The summed E-state index contributed by atoms with van der Waals surface area (Å²) in [5, 5.41) is 8.77. The smallest absolute Gasteiger partial charge is 0.323 e. The van der Waals surface area contributed by atoms with Gasteiger partial charge in [-0.05, 0) is 41.9 Å². The average molecular weight is 330 g/mol. The lowest BCUT2D eigenvalue weighted by molar-refractivity contribution is -0.146. The van der Waals surface area contributed by atoms with Gasteiger partial charge in [0.1, 0.15) is 12.3 Å².